The molecule has 0 aromatic heterocycles. The minimum atomic E-state index is -0.878. The Morgan fingerprint density at radius 2 is 1.77 bits per heavy atom. The maximum absolute atomic E-state index is 13.2. The number of amides is 1. The fourth-order valence-electron chi connectivity index (χ4n) is 4.22. The van der Waals surface area contributed by atoms with Gasteiger partial charge in [-0.1, -0.05) is 41.9 Å². The number of carbonyl (C=O) groups is 3. The third kappa shape index (κ3) is 5.57. The van der Waals surface area contributed by atoms with Crippen LogP contribution in [0, 0.1) is 0 Å². The molecule has 0 unspecified atom stereocenters. The minimum absolute atomic E-state index is 0.0386. The van der Waals surface area contributed by atoms with E-state index in [1.54, 1.807) is 30.3 Å². The topological polar surface area (TPSA) is 107 Å². The number of methoxy groups -OCH3 is 1. The van der Waals surface area contributed by atoms with Gasteiger partial charge in [0, 0.05) is 11.0 Å². The Kier molecular flexibility index (Phi) is 8.69. The van der Waals surface area contributed by atoms with Crippen molar-refractivity contribution in [1.82, 2.24) is 9.80 Å². The number of Topliss-reactive ketones (excluding diaryl/α,β-unsaturated/α-hetero) is 1. The molecule has 8 nitrogen and oxygen atoms in total. The van der Waals surface area contributed by atoms with Crippen LogP contribution in [0.4, 0.5) is 0 Å². The summed E-state index contributed by atoms with van der Waals surface area (Å²) in [5.74, 6) is -2.74. The smallest absolute Gasteiger partial charge is 0.337 e. The third-order valence-electron chi connectivity index (χ3n) is 6.17. The highest BCUT2D eigenvalue weighted by molar-refractivity contribution is 9.10. The standard InChI is InChI=1S/C26H29BrN2O6/c1-4-28(5-2)13-6-14-29-22(16-7-9-17(10-8-16)26(34)35-3)21(24(32)25(29)33)23(31)19-15-18(27)11-12-20(19)30/h7-12,15,22,30-31H,4-6,13-14H2,1-3H3/t22-/m1/s1. The summed E-state index contributed by atoms with van der Waals surface area (Å²) < 4.78 is 5.34. The van der Waals surface area contributed by atoms with Gasteiger partial charge in [-0.2, -0.15) is 0 Å². The van der Waals surface area contributed by atoms with Crippen molar-refractivity contribution >= 4 is 39.3 Å². The van der Waals surface area contributed by atoms with Gasteiger partial charge < -0.3 is 24.7 Å². The first-order valence-electron chi connectivity index (χ1n) is 11.4. The molecule has 1 amide bonds. The molecule has 1 fully saturated rings. The van der Waals surface area contributed by atoms with Crippen molar-refractivity contribution < 1.29 is 29.3 Å². The van der Waals surface area contributed by atoms with E-state index in [4.69, 9.17) is 4.74 Å². The fourth-order valence-corrected chi connectivity index (χ4v) is 4.59. The van der Waals surface area contributed by atoms with Crippen LogP contribution in [-0.2, 0) is 14.3 Å². The lowest BCUT2D eigenvalue weighted by molar-refractivity contribution is -0.140. The van der Waals surface area contributed by atoms with Crippen molar-refractivity contribution in [2.45, 2.75) is 26.3 Å². The molecule has 0 bridgehead atoms. The molecular weight excluding hydrogens is 516 g/mol. The molecule has 1 heterocycles. The van der Waals surface area contributed by atoms with E-state index in [-0.39, 0.29) is 16.9 Å². The van der Waals surface area contributed by atoms with Gasteiger partial charge in [0.05, 0.1) is 29.9 Å². The second kappa shape index (κ2) is 11.5. The second-order valence-corrected chi connectivity index (χ2v) is 9.06. The maximum Gasteiger partial charge on any atom is 0.337 e. The predicted octanol–water partition coefficient (Wildman–Crippen LogP) is 4.09. The summed E-state index contributed by atoms with van der Waals surface area (Å²) in [6.07, 6.45) is 0.633. The van der Waals surface area contributed by atoms with Gasteiger partial charge in [0.15, 0.2) is 0 Å². The molecule has 186 valence electrons. The van der Waals surface area contributed by atoms with Gasteiger partial charge in [-0.05, 0) is 62.0 Å². The van der Waals surface area contributed by atoms with Crippen LogP contribution in [0.5, 0.6) is 5.75 Å². The minimum Gasteiger partial charge on any atom is -0.507 e. The molecule has 0 saturated carbocycles. The number of hydrogen-bond acceptors (Lipinski definition) is 7. The quantitative estimate of drug-likeness (QED) is 0.212. The van der Waals surface area contributed by atoms with Gasteiger partial charge in [0.2, 0.25) is 0 Å². The molecule has 0 spiro atoms. The Morgan fingerprint density at radius 3 is 2.37 bits per heavy atom. The van der Waals surface area contributed by atoms with Crippen molar-refractivity contribution in [1.29, 1.82) is 0 Å². The van der Waals surface area contributed by atoms with Gasteiger partial charge in [0.1, 0.15) is 11.5 Å². The van der Waals surface area contributed by atoms with E-state index in [2.05, 4.69) is 34.7 Å². The fraction of sp³-hybridized carbons (Fsp3) is 0.346. The first-order valence-corrected chi connectivity index (χ1v) is 12.2. The molecule has 2 N–H and O–H groups in total. The lowest BCUT2D eigenvalue weighted by Crippen LogP contribution is -2.33. The summed E-state index contributed by atoms with van der Waals surface area (Å²) in [5, 5.41) is 21.5. The van der Waals surface area contributed by atoms with Crippen LogP contribution in [0.3, 0.4) is 0 Å². The molecule has 1 atom stereocenters. The Hall–Kier alpha value is -3.17. The van der Waals surface area contributed by atoms with E-state index in [0.717, 1.165) is 19.6 Å². The van der Waals surface area contributed by atoms with Crippen molar-refractivity contribution in [3.05, 3.63) is 69.2 Å². The van der Waals surface area contributed by atoms with Crippen LogP contribution in [0.15, 0.2) is 52.5 Å². The Labute approximate surface area is 212 Å². The van der Waals surface area contributed by atoms with Crippen molar-refractivity contribution in [2.24, 2.45) is 0 Å². The Morgan fingerprint density at radius 1 is 1.11 bits per heavy atom. The number of hydrogen-bond donors (Lipinski definition) is 2. The van der Waals surface area contributed by atoms with Crippen LogP contribution < -0.4 is 0 Å². The number of phenolic OH excluding ortho intramolecular Hbond substituents is 1. The van der Waals surface area contributed by atoms with Crippen LogP contribution in [0.2, 0.25) is 0 Å². The predicted molar refractivity (Wildman–Crippen MR) is 135 cm³/mol. The molecule has 2 aromatic carbocycles. The van der Waals surface area contributed by atoms with Gasteiger partial charge in [-0.15, -0.1) is 0 Å². The highest BCUT2D eigenvalue weighted by Crippen LogP contribution is 2.41. The summed E-state index contributed by atoms with van der Waals surface area (Å²) in [6.45, 7) is 6.90. The van der Waals surface area contributed by atoms with E-state index >= 15 is 0 Å². The number of likely N-dealkylation sites (tertiary alicyclic amines) is 1. The van der Waals surface area contributed by atoms with E-state index in [1.165, 1.54) is 24.1 Å². The summed E-state index contributed by atoms with van der Waals surface area (Å²) in [6, 6.07) is 9.96. The van der Waals surface area contributed by atoms with Crippen molar-refractivity contribution in [3.8, 4) is 5.75 Å². The number of aromatic hydroxyl groups is 1. The number of halogens is 1. The zero-order chi connectivity index (χ0) is 25.7. The normalized spacial score (nSPS) is 17.3. The molecule has 0 aliphatic carbocycles. The molecule has 1 saturated heterocycles. The number of benzene rings is 2. The van der Waals surface area contributed by atoms with E-state index in [0.29, 0.717) is 28.6 Å². The number of ketones is 1. The lowest BCUT2D eigenvalue weighted by atomic mass is 9.94. The highest BCUT2D eigenvalue weighted by atomic mass is 79.9. The average molecular weight is 545 g/mol. The largest absolute Gasteiger partial charge is 0.507 e. The highest BCUT2D eigenvalue weighted by Gasteiger charge is 2.46. The molecule has 3 rings (SSSR count). The number of esters is 1. The van der Waals surface area contributed by atoms with E-state index in [1.807, 2.05) is 0 Å². The average Bonchev–Trinajstić information content (AvgIpc) is 3.12. The molecular formula is C26H29BrN2O6. The van der Waals surface area contributed by atoms with Crippen LogP contribution in [0.1, 0.15) is 47.8 Å². The Balaban J connectivity index is 2.08. The van der Waals surface area contributed by atoms with Gasteiger partial charge >= 0.3 is 5.97 Å². The van der Waals surface area contributed by atoms with Crippen molar-refractivity contribution in [3.63, 3.8) is 0 Å². The summed E-state index contributed by atoms with van der Waals surface area (Å²) in [5.41, 5.74) is 0.795. The lowest BCUT2D eigenvalue weighted by Gasteiger charge is -2.27. The second-order valence-electron chi connectivity index (χ2n) is 8.15. The number of rotatable bonds is 9. The number of carbonyl (C=O) groups excluding carboxylic acids is 3. The first kappa shape index (κ1) is 26.4. The number of aliphatic hydroxyl groups is 1. The molecule has 35 heavy (non-hydrogen) atoms. The zero-order valence-electron chi connectivity index (χ0n) is 20.0. The van der Waals surface area contributed by atoms with Crippen LogP contribution in [-0.4, -0.2) is 71.0 Å². The SMILES string of the molecule is CCN(CC)CCCN1C(=O)C(=O)C(=C(O)c2cc(Br)ccc2O)[C@H]1c1ccc(C(=O)OC)cc1. The van der Waals surface area contributed by atoms with Gasteiger partial charge in [0.25, 0.3) is 11.7 Å². The van der Waals surface area contributed by atoms with Crippen LogP contribution >= 0.6 is 15.9 Å². The molecule has 2 aromatic rings. The maximum atomic E-state index is 13.2. The van der Waals surface area contributed by atoms with Gasteiger partial charge in [-0.25, -0.2) is 4.79 Å². The molecule has 0 radical (unpaired) electrons. The summed E-state index contributed by atoms with van der Waals surface area (Å²) in [4.78, 5) is 41.8. The number of phenols is 1. The summed E-state index contributed by atoms with van der Waals surface area (Å²) >= 11 is 3.31. The number of aliphatic hydroxyl groups excluding tert-OH is 1. The molecule has 1 aliphatic heterocycles. The monoisotopic (exact) mass is 544 g/mol. The molecule has 9 heteroatoms. The number of ether oxygens (including phenoxy) is 1. The van der Waals surface area contributed by atoms with E-state index in [9.17, 15) is 24.6 Å². The zero-order valence-corrected chi connectivity index (χ0v) is 21.5. The summed E-state index contributed by atoms with van der Waals surface area (Å²) in [7, 11) is 1.28. The molecule has 1 aliphatic rings. The van der Waals surface area contributed by atoms with Crippen molar-refractivity contribution in [2.75, 3.05) is 33.3 Å². The first-order chi connectivity index (χ1) is 16.7. The number of nitrogens with zero attached hydrogens (tertiary/aromatic N) is 2. The third-order valence-corrected chi connectivity index (χ3v) is 6.66. The van der Waals surface area contributed by atoms with E-state index < -0.39 is 29.5 Å². The van der Waals surface area contributed by atoms with Crippen LogP contribution in [0.25, 0.3) is 5.76 Å². The van der Waals surface area contributed by atoms with Gasteiger partial charge in [-0.3, -0.25) is 9.59 Å². The Bertz CT molecular complexity index is 1140.